The smallest absolute Gasteiger partial charge is 0.870 e. The third-order valence-electron chi connectivity index (χ3n) is 3.93. The summed E-state index contributed by atoms with van der Waals surface area (Å²) >= 11 is 0. The first-order valence-electron chi connectivity index (χ1n) is 8.45. The van der Waals surface area contributed by atoms with Crippen LogP contribution in [-0.4, -0.2) is 13.0 Å². The largest absolute Gasteiger partial charge is 1.00 e. The van der Waals surface area contributed by atoms with Gasteiger partial charge in [0.1, 0.15) is 11.5 Å². The van der Waals surface area contributed by atoms with E-state index < -0.39 is 10.1 Å². The van der Waals surface area contributed by atoms with Crippen molar-refractivity contribution in [3.8, 4) is 17.2 Å². The van der Waals surface area contributed by atoms with Crippen molar-refractivity contribution < 1.29 is 74.2 Å². The molecule has 5 nitrogen and oxygen atoms in total. The molecule has 0 unspecified atom stereocenters. The van der Waals surface area contributed by atoms with Gasteiger partial charge in [0, 0.05) is 0 Å². The topological polar surface area (TPSA) is 86.7 Å². The van der Waals surface area contributed by atoms with Crippen LogP contribution in [0.1, 0.15) is 44.6 Å². The summed E-state index contributed by atoms with van der Waals surface area (Å²) in [7, 11) is -4.24. The average Bonchev–Trinajstić information content (AvgIpc) is 2.57. The molecule has 0 bridgehead atoms. The minimum absolute atomic E-state index is 0. The number of rotatable bonds is 9. The summed E-state index contributed by atoms with van der Waals surface area (Å²) < 4.78 is 36.5. The Morgan fingerprint density at radius 1 is 1.00 bits per heavy atom. The summed E-state index contributed by atoms with van der Waals surface area (Å²) in [5, 5.41) is 12.1. The van der Waals surface area contributed by atoms with Crippen molar-refractivity contribution in [2.45, 2.75) is 50.3 Å². The minimum Gasteiger partial charge on any atom is -0.870 e. The maximum atomic E-state index is 12.1. The normalized spacial score (nSPS) is 11.0. The number of hydrogen-bond donors (Lipinski definition) is 1. The predicted octanol–water partition coefficient (Wildman–Crippen LogP) is 1.32. The SMILES string of the molecule is CCCCCCCc1ccc(Oc2ccc(S(=O)(=O)O)cc2)c([O-])c1.[K+]. The fourth-order valence-electron chi connectivity index (χ4n) is 2.53. The standard InChI is InChI=1S/C19H24O5S.K/c1-2-3-4-5-6-7-15-8-13-19(18(20)14-15)24-16-9-11-17(12-10-16)25(21,22)23;/h8-14,20H,2-7H2,1H3,(H,21,22,23);/q;+1/p-1. The molecular weight excluding hydrogens is 379 g/mol. The average molecular weight is 403 g/mol. The van der Waals surface area contributed by atoms with Gasteiger partial charge in [0.25, 0.3) is 10.1 Å². The van der Waals surface area contributed by atoms with E-state index in [1.807, 2.05) is 6.07 Å². The molecule has 0 heterocycles. The van der Waals surface area contributed by atoms with Gasteiger partial charge >= 0.3 is 51.4 Å². The number of benzene rings is 2. The molecule has 0 aliphatic carbocycles. The van der Waals surface area contributed by atoms with E-state index in [1.54, 1.807) is 12.1 Å². The molecule has 2 aromatic rings. The molecule has 0 aliphatic rings. The second-order valence-electron chi connectivity index (χ2n) is 5.99. The van der Waals surface area contributed by atoms with Crippen molar-refractivity contribution >= 4 is 10.1 Å². The molecule has 0 fully saturated rings. The summed E-state index contributed by atoms with van der Waals surface area (Å²) in [5.74, 6) is 0.316. The third kappa shape index (κ3) is 7.68. The monoisotopic (exact) mass is 402 g/mol. The minimum atomic E-state index is -4.24. The molecule has 0 spiro atoms. The maximum Gasteiger partial charge on any atom is 1.00 e. The van der Waals surface area contributed by atoms with E-state index in [4.69, 9.17) is 9.29 Å². The van der Waals surface area contributed by atoms with Gasteiger partial charge in [0.15, 0.2) is 0 Å². The number of unbranched alkanes of at least 4 members (excludes halogenated alkanes) is 4. The van der Waals surface area contributed by atoms with Gasteiger partial charge in [-0.05, 0) is 48.7 Å². The van der Waals surface area contributed by atoms with Gasteiger partial charge in [-0.25, -0.2) is 0 Å². The van der Waals surface area contributed by atoms with Crippen LogP contribution < -0.4 is 61.2 Å². The molecule has 0 aromatic heterocycles. The van der Waals surface area contributed by atoms with Crippen molar-refractivity contribution in [1.82, 2.24) is 0 Å². The molecule has 7 heteroatoms. The van der Waals surface area contributed by atoms with Crippen LogP contribution in [0.5, 0.6) is 17.2 Å². The first-order valence-corrected chi connectivity index (χ1v) is 9.89. The summed E-state index contributed by atoms with van der Waals surface area (Å²) in [5.41, 5.74) is 0.996. The quantitative estimate of drug-likeness (QED) is 0.388. The number of aryl methyl sites for hydroxylation is 1. The Morgan fingerprint density at radius 2 is 1.65 bits per heavy atom. The van der Waals surface area contributed by atoms with Crippen LogP contribution in [0.2, 0.25) is 0 Å². The van der Waals surface area contributed by atoms with Gasteiger partial charge in [-0.3, -0.25) is 4.55 Å². The zero-order chi connectivity index (χ0) is 18.3. The van der Waals surface area contributed by atoms with Gasteiger partial charge < -0.3 is 9.84 Å². The summed E-state index contributed by atoms with van der Waals surface area (Å²) in [6.07, 6.45) is 6.79. The Labute approximate surface area is 198 Å². The van der Waals surface area contributed by atoms with Crippen LogP contribution >= 0.6 is 0 Å². The fourth-order valence-corrected chi connectivity index (χ4v) is 3.01. The molecule has 2 aromatic carbocycles. The van der Waals surface area contributed by atoms with Crippen molar-refractivity contribution in [3.63, 3.8) is 0 Å². The summed E-state index contributed by atoms with van der Waals surface area (Å²) in [6, 6.07) is 10.3. The Balaban J connectivity index is 0.00000338. The van der Waals surface area contributed by atoms with Gasteiger partial charge in [-0.1, -0.05) is 50.5 Å². The number of ether oxygens (including phenoxy) is 1. The van der Waals surface area contributed by atoms with Crippen molar-refractivity contribution in [2.24, 2.45) is 0 Å². The molecular formula is C19H23KO5S. The Bertz CT molecular complexity index is 788. The van der Waals surface area contributed by atoms with Gasteiger partial charge in [0.2, 0.25) is 0 Å². The molecule has 0 radical (unpaired) electrons. The molecule has 26 heavy (non-hydrogen) atoms. The van der Waals surface area contributed by atoms with Gasteiger partial charge in [0.05, 0.1) is 4.90 Å². The van der Waals surface area contributed by atoms with Crippen LogP contribution in [0, 0.1) is 0 Å². The van der Waals surface area contributed by atoms with E-state index in [-0.39, 0.29) is 67.8 Å². The van der Waals surface area contributed by atoms with Gasteiger partial charge in [-0.15, -0.1) is 0 Å². The third-order valence-corrected chi connectivity index (χ3v) is 4.79. The van der Waals surface area contributed by atoms with Crippen LogP contribution in [-0.2, 0) is 16.5 Å². The first kappa shape index (κ1) is 23.6. The number of hydrogen-bond acceptors (Lipinski definition) is 4. The van der Waals surface area contributed by atoms with E-state index in [2.05, 4.69) is 6.92 Å². The van der Waals surface area contributed by atoms with Crippen LogP contribution in [0.3, 0.4) is 0 Å². The van der Waals surface area contributed by atoms with E-state index >= 15 is 0 Å². The zero-order valence-corrected chi connectivity index (χ0v) is 19.2. The molecule has 0 amide bonds. The molecule has 0 aliphatic heterocycles. The molecule has 0 saturated heterocycles. The van der Waals surface area contributed by atoms with E-state index in [1.165, 1.54) is 49.9 Å². The van der Waals surface area contributed by atoms with E-state index in [0.29, 0.717) is 5.75 Å². The molecule has 0 atom stereocenters. The maximum absolute atomic E-state index is 12.1. The Kier molecular flexibility index (Phi) is 10.4. The van der Waals surface area contributed by atoms with E-state index in [9.17, 15) is 13.5 Å². The van der Waals surface area contributed by atoms with Crippen LogP contribution in [0.15, 0.2) is 47.4 Å². The fraction of sp³-hybridized carbons (Fsp3) is 0.368. The van der Waals surface area contributed by atoms with E-state index in [0.717, 1.165) is 18.4 Å². The van der Waals surface area contributed by atoms with Crippen molar-refractivity contribution in [1.29, 1.82) is 0 Å². The van der Waals surface area contributed by atoms with Crippen molar-refractivity contribution in [2.75, 3.05) is 0 Å². The van der Waals surface area contributed by atoms with Crippen LogP contribution in [0.25, 0.3) is 0 Å². The molecule has 1 N–H and O–H groups in total. The zero-order valence-electron chi connectivity index (χ0n) is 15.3. The van der Waals surface area contributed by atoms with Crippen LogP contribution in [0.4, 0.5) is 0 Å². The summed E-state index contributed by atoms with van der Waals surface area (Å²) in [6.45, 7) is 2.18. The Morgan fingerprint density at radius 3 is 2.23 bits per heavy atom. The van der Waals surface area contributed by atoms with Gasteiger partial charge in [-0.2, -0.15) is 8.42 Å². The first-order chi connectivity index (χ1) is 11.9. The summed E-state index contributed by atoms with van der Waals surface area (Å²) in [4.78, 5) is -0.222. The molecule has 136 valence electrons. The predicted molar refractivity (Wildman–Crippen MR) is 94.7 cm³/mol. The second kappa shape index (κ2) is 11.4. The molecule has 0 saturated carbocycles. The second-order valence-corrected chi connectivity index (χ2v) is 7.42. The Hall–Kier alpha value is -0.414. The van der Waals surface area contributed by atoms with Crippen molar-refractivity contribution in [3.05, 3.63) is 48.0 Å². The molecule has 2 rings (SSSR count).